The predicted octanol–water partition coefficient (Wildman–Crippen LogP) is 4.36. The van der Waals surface area contributed by atoms with Gasteiger partial charge >= 0.3 is 0 Å². The average Bonchev–Trinajstić information content (AvgIpc) is 3.17. The molecule has 0 radical (unpaired) electrons. The van der Waals surface area contributed by atoms with E-state index < -0.39 is 0 Å². The van der Waals surface area contributed by atoms with Crippen LogP contribution >= 0.6 is 11.3 Å². The van der Waals surface area contributed by atoms with Crippen molar-refractivity contribution in [3.8, 4) is 0 Å². The lowest BCUT2D eigenvalue weighted by atomic mass is 10.1. The lowest BCUT2D eigenvalue weighted by Crippen LogP contribution is -2.37. The van der Waals surface area contributed by atoms with Crippen LogP contribution in [0.4, 0.5) is 8.78 Å². The van der Waals surface area contributed by atoms with Crippen LogP contribution in [-0.4, -0.2) is 24.4 Å². The first-order valence-corrected chi connectivity index (χ1v) is 9.40. The summed E-state index contributed by atoms with van der Waals surface area (Å²) in [5.74, 6) is -0.728. The third kappa shape index (κ3) is 5.45. The molecule has 3 nitrogen and oxygen atoms in total. The molecule has 1 N–H and O–H groups in total. The number of carbonyl (C=O) groups is 1. The van der Waals surface area contributed by atoms with Crippen LogP contribution in [0.3, 0.4) is 0 Å². The number of likely N-dealkylation sites (N-methyl/N-ethyl adjacent to an activating group) is 1. The summed E-state index contributed by atoms with van der Waals surface area (Å²) in [5, 5.41) is 4.97. The third-order valence-corrected chi connectivity index (χ3v) is 5.05. The van der Waals surface area contributed by atoms with Gasteiger partial charge in [0.15, 0.2) is 0 Å². The van der Waals surface area contributed by atoms with E-state index in [0.29, 0.717) is 6.54 Å². The van der Waals surface area contributed by atoms with Crippen molar-refractivity contribution >= 4 is 17.2 Å². The molecule has 0 aliphatic carbocycles. The van der Waals surface area contributed by atoms with Gasteiger partial charge in [0.05, 0.1) is 12.6 Å². The summed E-state index contributed by atoms with van der Waals surface area (Å²) in [6.07, 6.45) is 0. The molecule has 1 aromatic heterocycles. The zero-order valence-electron chi connectivity index (χ0n) is 14.9. The molecule has 0 spiro atoms. The van der Waals surface area contributed by atoms with Gasteiger partial charge in [-0.15, -0.1) is 11.3 Å². The van der Waals surface area contributed by atoms with Crippen LogP contribution < -0.4 is 5.32 Å². The molecule has 0 fully saturated rings. The van der Waals surface area contributed by atoms with Gasteiger partial charge in [-0.25, -0.2) is 8.78 Å². The van der Waals surface area contributed by atoms with Crippen molar-refractivity contribution in [3.05, 3.63) is 93.7 Å². The molecule has 140 valence electrons. The van der Waals surface area contributed by atoms with Gasteiger partial charge in [0.25, 0.3) is 0 Å². The standard InChI is InChI=1S/C21H20F2N2OS/c1-25(13-15-4-8-17(22)9-5-15)14-20(26)24-21(19-3-2-12-27-19)16-6-10-18(23)11-7-16/h2-12,21H,13-14H2,1H3,(H,24,26)/t21-/m1/s1. The quantitative estimate of drug-likeness (QED) is 0.654. The van der Waals surface area contributed by atoms with Crippen LogP contribution in [0.1, 0.15) is 22.0 Å². The van der Waals surface area contributed by atoms with Gasteiger partial charge in [-0.2, -0.15) is 0 Å². The minimum Gasteiger partial charge on any atom is -0.343 e. The van der Waals surface area contributed by atoms with Gasteiger partial charge in [0.1, 0.15) is 11.6 Å². The van der Waals surface area contributed by atoms with E-state index in [-0.39, 0.29) is 30.1 Å². The smallest absolute Gasteiger partial charge is 0.234 e. The van der Waals surface area contributed by atoms with E-state index in [4.69, 9.17) is 0 Å². The highest BCUT2D eigenvalue weighted by molar-refractivity contribution is 7.10. The lowest BCUT2D eigenvalue weighted by molar-refractivity contribution is -0.122. The summed E-state index contributed by atoms with van der Waals surface area (Å²) in [6.45, 7) is 0.731. The van der Waals surface area contributed by atoms with Crippen LogP contribution in [0.25, 0.3) is 0 Å². The molecule has 0 bridgehead atoms. The normalized spacial score (nSPS) is 12.1. The van der Waals surface area contributed by atoms with E-state index in [0.717, 1.165) is 16.0 Å². The van der Waals surface area contributed by atoms with E-state index in [1.807, 2.05) is 29.5 Å². The Hall–Kier alpha value is -2.57. The number of carbonyl (C=O) groups excluding carboxylic acids is 1. The number of hydrogen-bond acceptors (Lipinski definition) is 3. The fourth-order valence-corrected chi connectivity index (χ4v) is 3.64. The second-order valence-electron chi connectivity index (χ2n) is 6.37. The topological polar surface area (TPSA) is 32.3 Å². The molecule has 0 aliphatic heterocycles. The molecule has 1 amide bonds. The number of hydrogen-bond donors (Lipinski definition) is 1. The van der Waals surface area contributed by atoms with Crippen molar-refractivity contribution in [3.63, 3.8) is 0 Å². The van der Waals surface area contributed by atoms with Crippen molar-refractivity contribution in [1.29, 1.82) is 0 Å². The van der Waals surface area contributed by atoms with Crippen molar-refractivity contribution in [1.82, 2.24) is 10.2 Å². The molecular formula is C21H20F2N2OS. The number of rotatable bonds is 7. The van der Waals surface area contributed by atoms with Crippen molar-refractivity contribution < 1.29 is 13.6 Å². The Morgan fingerprint density at radius 2 is 1.67 bits per heavy atom. The summed E-state index contributed by atoms with van der Waals surface area (Å²) in [6, 6.07) is 15.9. The molecule has 0 unspecified atom stereocenters. The number of amides is 1. The van der Waals surface area contributed by atoms with Crippen LogP contribution in [0, 0.1) is 11.6 Å². The molecule has 1 atom stereocenters. The van der Waals surface area contributed by atoms with Gasteiger partial charge in [-0.05, 0) is 53.9 Å². The molecule has 3 rings (SSSR count). The largest absolute Gasteiger partial charge is 0.343 e. The summed E-state index contributed by atoms with van der Waals surface area (Å²) in [7, 11) is 1.83. The Balaban J connectivity index is 1.65. The summed E-state index contributed by atoms with van der Waals surface area (Å²) in [4.78, 5) is 15.4. The number of benzene rings is 2. The minimum atomic E-state index is -0.322. The van der Waals surface area contributed by atoms with Gasteiger partial charge in [0, 0.05) is 11.4 Å². The number of thiophene rings is 1. The van der Waals surface area contributed by atoms with Crippen molar-refractivity contribution in [2.75, 3.05) is 13.6 Å². The highest BCUT2D eigenvalue weighted by Crippen LogP contribution is 2.26. The maximum Gasteiger partial charge on any atom is 0.234 e. The van der Waals surface area contributed by atoms with E-state index >= 15 is 0 Å². The van der Waals surface area contributed by atoms with Crippen LogP contribution in [0.5, 0.6) is 0 Å². The maximum atomic E-state index is 13.2. The Kier molecular flexibility index (Phi) is 6.32. The van der Waals surface area contributed by atoms with Crippen molar-refractivity contribution in [2.45, 2.75) is 12.6 Å². The lowest BCUT2D eigenvalue weighted by Gasteiger charge is -2.21. The molecule has 6 heteroatoms. The van der Waals surface area contributed by atoms with E-state index in [1.54, 1.807) is 24.3 Å². The highest BCUT2D eigenvalue weighted by atomic mass is 32.1. The Bertz CT molecular complexity index is 864. The van der Waals surface area contributed by atoms with E-state index in [9.17, 15) is 13.6 Å². The van der Waals surface area contributed by atoms with Crippen molar-refractivity contribution in [2.24, 2.45) is 0 Å². The zero-order valence-corrected chi connectivity index (χ0v) is 15.7. The van der Waals surface area contributed by atoms with E-state index in [1.165, 1.54) is 35.6 Å². The second-order valence-corrected chi connectivity index (χ2v) is 7.35. The SMILES string of the molecule is CN(CC(=O)N[C@H](c1ccc(F)cc1)c1cccs1)Cc1ccc(F)cc1. The molecule has 2 aromatic carbocycles. The Labute approximate surface area is 161 Å². The van der Waals surface area contributed by atoms with Gasteiger partial charge in [-0.3, -0.25) is 9.69 Å². The number of nitrogens with zero attached hydrogens (tertiary/aromatic N) is 1. The van der Waals surface area contributed by atoms with Gasteiger partial charge in [0.2, 0.25) is 5.91 Å². The van der Waals surface area contributed by atoms with Crippen LogP contribution in [-0.2, 0) is 11.3 Å². The Morgan fingerprint density at radius 3 is 2.26 bits per heavy atom. The number of nitrogens with one attached hydrogen (secondary N) is 1. The van der Waals surface area contributed by atoms with Crippen LogP contribution in [0.15, 0.2) is 66.0 Å². The summed E-state index contributed by atoms with van der Waals surface area (Å²) >= 11 is 1.54. The molecule has 1 heterocycles. The zero-order chi connectivity index (χ0) is 19.2. The van der Waals surface area contributed by atoms with Gasteiger partial charge in [-0.1, -0.05) is 30.3 Å². The second kappa shape index (κ2) is 8.88. The first-order chi connectivity index (χ1) is 13.0. The highest BCUT2D eigenvalue weighted by Gasteiger charge is 2.19. The fourth-order valence-electron chi connectivity index (χ4n) is 2.84. The molecule has 0 saturated heterocycles. The molecular weight excluding hydrogens is 366 g/mol. The molecule has 0 saturated carbocycles. The molecule has 3 aromatic rings. The van der Waals surface area contributed by atoms with Crippen LogP contribution in [0.2, 0.25) is 0 Å². The monoisotopic (exact) mass is 386 g/mol. The average molecular weight is 386 g/mol. The molecule has 27 heavy (non-hydrogen) atoms. The summed E-state index contributed by atoms with van der Waals surface area (Å²) in [5.41, 5.74) is 1.76. The predicted molar refractivity (Wildman–Crippen MR) is 103 cm³/mol. The minimum absolute atomic E-state index is 0.137. The fraction of sp³-hybridized carbons (Fsp3) is 0.190. The number of halogens is 2. The van der Waals surface area contributed by atoms with E-state index in [2.05, 4.69) is 5.32 Å². The maximum absolute atomic E-state index is 13.2. The first kappa shape index (κ1) is 19.2. The Morgan fingerprint density at radius 1 is 1.04 bits per heavy atom. The van der Waals surface area contributed by atoms with Gasteiger partial charge < -0.3 is 5.32 Å². The summed E-state index contributed by atoms with van der Waals surface area (Å²) < 4.78 is 26.2. The first-order valence-electron chi connectivity index (χ1n) is 8.52. The molecule has 0 aliphatic rings. The third-order valence-electron chi connectivity index (χ3n) is 4.12.